The summed E-state index contributed by atoms with van der Waals surface area (Å²) in [6.45, 7) is 2.43. The predicted octanol–water partition coefficient (Wildman–Crippen LogP) is 2.75. The quantitative estimate of drug-likeness (QED) is 0.403. The van der Waals surface area contributed by atoms with Gasteiger partial charge in [-0.05, 0) is 48.5 Å². The lowest BCUT2D eigenvalue weighted by Crippen LogP contribution is -2.48. The van der Waals surface area contributed by atoms with Crippen LogP contribution in [-0.2, 0) is 10.0 Å². The molecule has 35 heavy (non-hydrogen) atoms. The van der Waals surface area contributed by atoms with Crippen LogP contribution in [0.2, 0.25) is 0 Å². The van der Waals surface area contributed by atoms with Gasteiger partial charge in [-0.15, -0.1) is 9.19 Å². The normalized spacial score (nSPS) is 14.2. The summed E-state index contributed by atoms with van der Waals surface area (Å²) in [5.74, 6) is 1.19. The summed E-state index contributed by atoms with van der Waals surface area (Å²) in [6.07, 6.45) is 2.58. The maximum absolute atomic E-state index is 13.0. The molecule has 0 bridgehead atoms. The maximum atomic E-state index is 13.0. The number of aromatic nitrogens is 3. The lowest BCUT2D eigenvalue weighted by molar-refractivity contribution is 0.0746. The first-order valence-electron chi connectivity index (χ1n) is 11.0. The van der Waals surface area contributed by atoms with Crippen molar-refractivity contribution in [2.75, 3.05) is 38.2 Å². The first-order valence-corrected chi connectivity index (χ1v) is 12.4. The maximum Gasteiger partial charge on any atom is 0.284 e. The van der Waals surface area contributed by atoms with Crippen LogP contribution in [0, 0.1) is 0 Å². The third-order valence-electron chi connectivity index (χ3n) is 5.85. The van der Waals surface area contributed by atoms with Crippen LogP contribution in [0.1, 0.15) is 10.4 Å². The van der Waals surface area contributed by atoms with Gasteiger partial charge in [0.1, 0.15) is 12.1 Å². The predicted molar refractivity (Wildman–Crippen MR) is 128 cm³/mol. The topological polar surface area (TPSA) is 111 Å². The molecule has 1 amide bonds. The molecule has 0 radical (unpaired) electrons. The van der Waals surface area contributed by atoms with E-state index in [2.05, 4.69) is 15.0 Å². The highest BCUT2D eigenvalue weighted by atomic mass is 32.2. The molecular weight excluding hydrogens is 470 g/mol. The largest absolute Gasteiger partial charge is 0.495 e. The molecule has 10 nitrogen and oxygen atoms in total. The van der Waals surface area contributed by atoms with Crippen molar-refractivity contribution in [1.82, 2.24) is 19.1 Å². The summed E-state index contributed by atoms with van der Waals surface area (Å²) >= 11 is 0. The molecule has 180 valence electrons. The molecule has 2 aromatic carbocycles. The van der Waals surface area contributed by atoms with Gasteiger partial charge in [-0.1, -0.05) is 12.1 Å². The van der Waals surface area contributed by atoms with Crippen LogP contribution in [-0.4, -0.2) is 66.7 Å². The minimum Gasteiger partial charge on any atom is -0.495 e. The van der Waals surface area contributed by atoms with Crippen LogP contribution in [0.5, 0.6) is 5.75 Å². The Labute approximate surface area is 202 Å². The van der Waals surface area contributed by atoms with Gasteiger partial charge in [0.25, 0.3) is 15.9 Å². The average molecular weight is 494 g/mol. The average Bonchev–Trinajstić information content (AvgIpc) is 3.61. The molecule has 0 atom stereocenters. The Hall–Kier alpha value is -4.12. The molecule has 4 aromatic rings. The van der Waals surface area contributed by atoms with Gasteiger partial charge >= 0.3 is 0 Å². The van der Waals surface area contributed by atoms with Crippen molar-refractivity contribution in [3.8, 4) is 17.3 Å². The zero-order chi connectivity index (χ0) is 24.4. The van der Waals surface area contributed by atoms with Crippen molar-refractivity contribution >= 4 is 21.6 Å². The van der Waals surface area contributed by atoms with Gasteiger partial charge in [0.15, 0.2) is 5.76 Å². The second-order valence-corrected chi connectivity index (χ2v) is 9.69. The van der Waals surface area contributed by atoms with Crippen molar-refractivity contribution < 1.29 is 22.4 Å². The molecule has 1 aliphatic rings. The van der Waals surface area contributed by atoms with Gasteiger partial charge in [0.05, 0.1) is 24.0 Å². The fraction of sp³-hybridized carbons (Fsp3) is 0.208. The summed E-state index contributed by atoms with van der Waals surface area (Å²) < 4.78 is 37.3. The van der Waals surface area contributed by atoms with Gasteiger partial charge in [0.2, 0.25) is 5.82 Å². The highest BCUT2D eigenvalue weighted by Crippen LogP contribution is 2.28. The number of nitrogens with zero attached hydrogens (tertiary/aromatic N) is 5. The Balaban J connectivity index is 1.26. The molecule has 1 aliphatic heterocycles. The number of hydrogen-bond donors (Lipinski definition) is 0. The first kappa shape index (κ1) is 22.7. The number of rotatable bonds is 6. The van der Waals surface area contributed by atoms with Crippen molar-refractivity contribution in [3.05, 3.63) is 78.8 Å². The molecule has 1 saturated heterocycles. The number of para-hydroxylation sites is 2. The molecule has 0 aliphatic carbocycles. The Kier molecular flexibility index (Phi) is 6.00. The molecule has 0 saturated carbocycles. The van der Waals surface area contributed by atoms with Crippen LogP contribution >= 0.6 is 0 Å². The SMILES string of the molecule is COc1ccccc1N1CCN(C(=O)c2ccc(S(=O)(=O)n3cnc(-c4ccco4)n3)cc2)CC1. The third-order valence-corrected chi connectivity index (χ3v) is 7.39. The molecule has 1 fully saturated rings. The second-order valence-electron chi connectivity index (χ2n) is 7.90. The summed E-state index contributed by atoms with van der Waals surface area (Å²) in [4.78, 5) is 21.0. The minimum atomic E-state index is -3.96. The van der Waals surface area contributed by atoms with E-state index in [1.807, 2.05) is 24.3 Å². The van der Waals surface area contributed by atoms with E-state index in [1.165, 1.54) is 30.5 Å². The number of hydrogen-bond acceptors (Lipinski definition) is 8. The molecule has 5 rings (SSSR count). The van der Waals surface area contributed by atoms with Gasteiger partial charge < -0.3 is 19.0 Å². The number of methoxy groups -OCH3 is 1. The monoisotopic (exact) mass is 493 g/mol. The first-order chi connectivity index (χ1) is 17.0. The zero-order valence-corrected chi connectivity index (χ0v) is 19.8. The molecule has 11 heteroatoms. The molecule has 0 unspecified atom stereocenters. The number of carbonyl (C=O) groups excluding carboxylic acids is 1. The number of furan rings is 1. The van der Waals surface area contributed by atoms with Crippen molar-refractivity contribution in [1.29, 1.82) is 0 Å². The van der Waals surface area contributed by atoms with Gasteiger partial charge in [0, 0.05) is 31.7 Å². The number of piperazine rings is 1. The summed E-state index contributed by atoms with van der Waals surface area (Å²) in [5.41, 5.74) is 1.42. The van der Waals surface area contributed by atoms with E-state index in [0.29, 0.717) is 37.5 Å². The number of amides is 1. The number of carbonyl (C=O) groups is 1. The lowest BCUT2D eigenvalue weighted by Gasteiger charge is -2.36. The van der Waals surface area contributed by atoms with Crippen molar-refractivity contribution in [2.45, 2.75) is 4.90 Å². The fourth-order valence-corrected chi connectivity index (χ4v) is 5.04. The van der Waals surface area contributed by atoms with Crippen molar-refractivity contribution in [2.24, 2.45) is 0 Å². The van der Waals surface area contributed by atoms with Crippen LogP contribution < -0.4 is 9.64 Å². The lowest BCUT2D eigenvalue weighted by atomic mass is 10.1. The van der Waals surface area contributed by atoms with Crippen LogP contribution in [0.3, 0.4) is 0 Å². The van der Waals surface area contributed by atoms with Crippen LogP contribution in [0.4, 0.5) is 5.69 Å². The van der Waals surface area contributed by atoms with E-state index < -0.39 is 10.0 Å². The highest BCUT2D eigenvalue weighted by molar-refractivity contribution is 7.89. The molecule has 2 aromatic heterocycles. The number of anilines is 1. The molecule has 0 spiro atoms. The Morgan fingerprint density at radius 1 is 0.971 bits per heavy atom. The van der Waals surface area contributed by atoms with E-state index >= 15 is 0 Å². The molecule has 3 heterocycles. The van der Waals surface area contributed by atoms with E-state index in [-0.39, 0.29) is 16.6 Å². The van der Waals surface area contributed by atoms with Crippen LogP contribution in [0.25, 0.3) is 11.6 Å². The highest BCUT2D eigenvalue weighted by Gasteiger charge is 2.25. The van der Waals surface area contributed by atoms with Gasteiger partial charge in [-0.25, -0.2) is 4.98 Å². The Morgan fingerprint density at radius 2 is 1.71 bits per heavy atom. The second kappa shape index (κ2) is 9.26. The Morgan fingerprint density at radius 3 is 2.40 bits per heavy atom. The van der Waals surface area contributed by atoms with Gasteiger partial charge in [-0.3, -0.25) is 4.79 Å². The smallest absolute Gasteiger partial charge is 0.284 e. The van der Waals surface area contributed by atoms with Crippen LogP contribution in [0.15, 0.2) is 82.6 Å². The zero-order valence-electron chi connectivity index (χ0n) is 18.9. The summed E-state index contributed by atoms with van der Waals surface area (Å²) in [6, 6.07) is 17.0. The number of benzene rings is 2. The Bertz CT molecular complexity index is 1420. The summed E-state index contributed by atoms with van der Waals surface area (Å²) in [7, 11) is -2.32. The minimum absolute atomic E-state index is 0.00550. The molecule has 0 N–H and O–H groups in total. The van der Waals surface area contributed by atoms with Crippen molar-refractivity contribution in [3.63, 3.8) is 0 Å². The molecular formula is C24H23N5O5S. The van der Waals surface area contributed by atoms with Gasteiger partial charge in [-0.2, -0.15) is 8.42 Å². The van der Waals surface area contributed by atoms with E-state index in [4.69, 9.17) is 9.15 Å². The standard InChI is InChI=1S/C24H23N5O5S/c1-33-21-6-3-2-5-20(21)27-12-14-28(15-13-27)24(30)18-8-10-19(11-9-18)35(31,32)29-17-25-23(26-29)22-7-4-16-34-22/h2-11,16-17H,12-15H2,1H3. The van der Waals surface area contributed by atoms with E-state index in [9.17, 15) is 13.2 Å². The third kappa shape index (κ3) is 4.37. The number of ether oxygens (including phenoxy) is 1. The van der Waals surface area contributed by atoms with E-state index in [1.54, 1.807) is 24.1 Å². The van der Waals surface area contributed by atoms with E-state index in [0.717, 1.165) is 21.9 Å². The summed E-state index contributed by atoms with van der Waals surface area (Å²) in [5, 5.41) is 4.01. The fourth-order valence-electron chi connectivity index (χ4n) is 3.99.